The summed E-state index contributed by atoms with van der Waals surface area (Å²) in [6, 6.07) is 10.4. The van der Waals surface area contributed by atoms with Crippen LogP contribution in [0.2, 0.25) is 5.02 Å². The van der Waals surface area contributed by atoms with Gasteiger partial charge in [-0.2, -0.15) is 46.5 Å². The molecule has 0 spiro atoms. The van der Waals surface area contributed by atoms with Gasteiger partial charge in [0.1, 0.15) is 16.9 Å². The highest BCUT2D eigenvalue weighted by Gasteiger charge is 2.40. The van der Waals surface area contributed by atoms with Crippen LogP contribution in [0.1, 0.15) is 72.8 Å². The number of halogens is 5. The van der Waals surface area contributed by atoms with E-state index in [4.69, 9.17) is 57.9 Å². The first-order chi connectivity index (χ1) is 43.4. The fraction of sp³-hybridized carbons (Fsp3) is 0.352. The molecule has 1 aliphatic carbocycles. The Bertz CT molecular complexity index is 3910. The lowest BCUT2D eigenvalue weighted by Crippen LogP contribution is -2.36. The van der Waals surface area contributed by atoms with E-state index in [1.807, 2.05) is 0 Å². The summed E-state index contributed by atoms with van der Waals surface area (Å²) in [5, 5.41) is 12.2. The summed E-state index contributed by atoms with van der Waals surface area (Å²) in [5.41, 5.74) is 6.88. The number of aryl methyl sites for hydroxylation is 2. The van der Waals surface area contributed by atoms with Gasteiger partial charge < -0.3 is 39.6 Å². The number of alkyl halides is 3. The minimum atomic E-state index is -4.46. The molecule has 3 aromatic heterocycles. The van der Waals surface area contributed by atoms with Gasteiger partial charge in [-0.3, -0.25) is 34.4 Å². The summed E-state index contributed by atoms with van der Waals surface area (Å²) >= 11 is 12.1. The summed E-state index contributed by atoms with van der Waals surface area (Å²) in [5.74, 6) is -3.08. The molecule has 2 atom stereocenters. The quantitative estimate of drug-likeness (QED) is 0.0197. The van der Waals surface area contributed by atoms with Gasteiger partial charge in [-0.05, 0) is 106 Å². The molecule has 0 fully saturated rings. The molecule has 2 aromatic carbocycles. The Labute approximate surface area is 540 Å². The molecule has 39 heteroatoms. The molecule has 5 aromatic rings. The number of esters is 1. The molecule has 93 heavy (non-hydrogen) atoms. The number of nitrogens with zero attached hydrogens (tertiary/aromatic N) is 8. The first-order valence-electron chi connectivity index (χ1n) is 26.9. The molecular weight excluding hydrogens is 1340 g/mol. The third-order valence-electron chi connectivity index (χ3n) is 12.1. The number of carbonyl (C=O) groups is 7. The molecule has 7 rings (SSSR count). The normalized spacial score (nSPS) is 13.9. The number of pyridine rings is 1. The van der Waals surface area contributed by atoms with E-state index in [1.54, 1.807) is 34.6 Å². The Morgan fingerprint density at radius 1 is 0.839 bits per heavy atom. The van der Waals surface area contributed by atoms with E-state index in [1.165, 1.54) is 107 Å². The number of nitrogens with one attached hydrogen (secondary N) is 4. The highest BCUT2D eigenvalue weighted by Crippen LogP contribution is 2.38. The van der Waals surface area contributed by atoms with Gasteiger partial charge in [0.05, 0.1) is 50.1 Å². The average Bonchev–Trinajstić information content (AvgIpc) is 1.69. The summed E-state index contributed by atoms with van der Waals surface area (Å²) < 4.78 is 121. The van der Waals surface area contributed by atoms with Gasteiger partial charge in [0.2, 0.25) is 23.7 Å². The monoisotopic (exact) mass is 1400 g/mol. The zero-order valence-corrected chi connectivity index (χ0v) is 54.6. The number of urea groups is 2. The van der Waals surface area contributed by atoms with Crippen molar-refractivity contribution in [3.8, 4) is 17.8 Å². The molecule has 0 saturated carbocycles. The Kier molecular flexibility index (Phi) is 28.1. The standard InChI is InChI=1S/C19H17Cl2NO4.C15H16F3N5O4S.C15H18N6O6S.C5H12NO4P/c1-2-26-19(25)16(21)10-11-9-12(7-8-15(11)20)22-17(23)13-5-3-4-6-14(13)18(22)24;1-9-19-12(22-14(20-9)27-2)21-13(24)23-28(25,26)11-6-4-3-5-10(11)7-8-15(16,17)18;1-21(2)13(22)9-6-5-7-16-12(9)28(24,25)20-15(23)19-14-17-10(26-3)8-11(18-14)27-4;1-11(9,10)3-2-4(6)5(7)8/h7-10H,2-6H2,1H3;3-6H,7-8H2,1-2H3,(H2,19,20,21,22,23,24);5-8H,1-4H3,(H2,17,18,19,20,23);4H,2-3,6H2,1H3,(H,7,8)(H,9,10)/b16-10-;;;. The van der Waals surface area contributed by atoms with E-state index in [0.29, 0.717) is 40.3 Å². The lowest BCUT2D eigenvalue weighted by molar-refractivity contribution is -0.139. The van der Waals surface area contributed by atoms with Crippen LogP contribution in [0, 0.1) is 6.92 Å². The maximum atomic E-state index is 12.7. The van der Waals surface area contributed by atoms with Crippen LogP contribution in [0.25, 0.3) is 6.08 Å². The SMILES string of the molecule is CCOC(=O)/C(Cl)=C/c1cc(N2C(=O)C3=C(CCCC3)C2=O)ccc1Cl.COc1cc(OC)nc(NC(=O)NS(=O)(=O)c2ncccc2C(=O)N(C)C)n1.COc1nc(C)nc(NC(=O)NS(=O)(=O)c2ccccc2CCC(F)(F)F)n1.CP(=O)(O)CCC(N)C(=O)O. The highest BCUT2D eigenvalue weighted by atomic mass is 35.5. The number of rotatable bonds is 20. The summed E-state index contributed by atoms with van der Waals surface area (Å²) in [6.45, 7) is 4.56. The molecule has 0 bridgehead atoms. The van der Waals surface area contributed by atoms with Gasteiger partial charge in [0.25, 0.3) is 37.8 Å². The van der Waals surface area contributed by atoms with E-state index < -0.39 is 92.3 Å². The number of hydrogen-bond acceptors (Lipinski definition) is 23. The van der Waals surface area contributed by atoms with E-state index in [2.05, 4.69) is 40.5 Å². The van der Waals surface area contributed by atoms with Gasteiger partial charge >= 0.3 is 36.2 Å². The van der Waals surface area contributed by atoms with Crippen LogP contribution in [0.4, 0.5) is 40.3 Å². The lowest BCUT2D eigenvalue weighted by Gasteiger charge is -2.16. The maximum Gasteiger partial charge on any atom is 0.389 e. The van der Waals surface area contributed by atoms with Gasteiger partial charge in [-0.15, -0.1) is 0 Å². The van der Waals surface area contributed by atoms with Crippen LogP contribution in [0.5, 0.6) is 17.8 Å². The van der Waals surface area contributed by atoms with Crippen molar-refractivity contribution >= 4 is 116 Å². The van der Waals surface area contributed by atoms with E-state index in [9.17, 15) is 68.1 Å². The molecule has 2 unspecified atom stereocenters. The number of carboxylic acids is 1. The third kappa shape index (κ3) is 23.6. The lowest BCUT2D eigenvalue weighted by atomic mass is 9.93. The molecule has 2 aliphatic rings. The van der Waals surface area contributed by atoms with E-state index in [-0.39, 0.29) is 82.7 Å². The number of methoxy groups -OCH3 is 3. The fourth-order valence-electron chi connectivity index (χ4n) is 7.78. The van der Waals surface area contributed by atoms with Crippen LogP contribution in [-0.2, 0) is 54.9 Å². The van der Waals surface area contributed by atoms with Crippen molar-refractivity contribution in [2.75, 3.05) is 70.4 Å². The van der Waals surface area contributed by atoms with Gasteiger partial charge in [-0.25, -0.2) is 42.1 Å². The van der Waals surface area contributed by atoms with E-state index >= 15 is 0 Å². The van der Waals surface area contributed by atoms with Crippen molar-refractivity contribution in [3.63, 3.8) is 0 Å². The summed E-state index contributed by atoms with van der Waals surface area (Å²) in [7, 11) is -5.09. The number of nitrogens with two attached hydrogens (primary N) is 1. The van der Waals surface area contributed by atoms with E-state index in [0.717, 1.165) is 18.9 Å². The topological polar surface area (TPSA) is 440 Å². The van der Waals surface area contributed by atoms with Crippen molar-refractivity contribution in [2.45, 2.75) is 80.9 Å². The second kappa shape index (κ2) is 34.1. The smallest absolute Gasteiger partial charge is 0.389 e. The summed E-state index contributed by atoms with van der Waals surface area (Å²) in [6.07, 6.45) is -0.556. The molecule has 4 heterocycles. The number of carboxylic acid groups (broad SMARTS) is 1. The predicted molar refractivity (Wildman–Crippen MR) is 329 cm³/mol. The van der Waals surface area contributed by atoms with Gasteiger partial charge in [0.15, 0.2) is 12.4 Å². The molecular formula is C54H63Cl2F3N13O18PS2. The van der Waals surface area contributed by atoms with Gasteiger partial charge in [-0.1, -0.05) is 41.4 Å². The van der Waals surface area contributed by atoms with Crippen molar-refractivity contribution in [2.24, 2.45) is 5.73 Å². The predicted octanol–water partition coefficient (Wildman–Crippen LogP) is 6.21. The molecule has 7 amide bonds. The number of aromatic nitrogens is 6. The second-order valence-electron chi connectivity index (χ2n) is 19.4. The van der Waals surface area contributed by atoms with Crippen LogP contribution in [0.15, 0.2) is 93.0 Å². The van der Waals surface area contributed by atoms with Gasteiger partial charge in [0, 0.05) is 55.7 Å². The Morgan fingerprint density at radius 2 is 1.41 bits per heavy atom. The first kappa shape index (κ1) is 76.5. The van der Waals surface area contributed by atoms with Crippen molar-refractivity contribution < 1.29 is 97.1 Å². The number of imide groups is 1. The molecule has 0 saturated heterocycles. The minimum absolute atomic E-state index is 0.0412. The number of sulfonamides is 2. The number of aliphatic carboxylic acids is 1. The Hall–Kier alpha value is -8.93. The Morgan fingerprint density at radius 3 is 1.94 bits per heavy atom. The zero-order valence-electron chi connectivity index (χ0n) is 50.6. The molecule has 31 nitrogen and oxygen atoms in total. The van der Waals surface area contributed by atoms with Crippen LogP contribution in [-0.4, -0.2) is 170 Å². The first-order valence-corrected chi connectivity index (χ1v) is 32.9. The van der Waals surface area contributed by atoms with Crippen LogP contribution >= 0.6 is 30.6 Å². The fourth-order valence-corrected chi connectivity index (χ4v) is 11.1. The number of anilines is 3. The maximum absolute atomic E-state index is 12.7. The summed E-state index contributed by atoms with van der Waals surface area (Å²) in [4.78, 5) is 117. The second-order valence-corrected chi connectivity index (χ2v) is 26.0. The number of carbonyl (C=O) groups excluding carboxylic acids is 6. The van der Waals surface area contributed by atoms with Crippen LogP contribution in [0.3, 0.4) is 0 Å². The largest absolute Gasteiger partial charge is 0.481 e. The van der Waals surface area contributed by atoms with Crippen molar-refractivity contribution in [3.05, 3.63) is 111 Å². The zero-order chi connectivity index (χ0) is 69.8. The molecule has 1 aliphatic heterocycles. The number of benzene rings is 2. The van der Waals surface area contributed by atoms with Crippen LogP contribution < -0.4 is 44.9 Å². The average molecular weight is 1410 g/mol. The van der Waals surface area contributed by atoms with Crippen molar-refractivity contribution in [1.29, 1.82) is 0 Å². The number of hydrogen-bond donors (Lipinski definition) is 7. The Balaban J connectivity index is 0.000000275. The van der Waals surface area contributed by atoms with Crippen molar-refractivity contribution in [1.82, 2.24) is 44.2 Å². The molecule has 8 N–H and O–H groups in total. The molecule has 504 valence electrons. The molecule has 0 radical (unpaired) electrons. The third-order valence-corrected chi connectivity index (χ3v) is 16.5. The minimum Gasteiger partial charge on any atom is -0.481 e. The number of ether oxygens (including phenoxy) is 4. The highest BCUT2D eigenvalue weighted by molar-refractivity contribution is 7.90. The number of amides is 7.